The lowest BCUT2D eigenvalue weighted by Crippen LogP contribution is -2.14. The van der Waals surface area contributed by atoms with Crippen LogP contribution in [0, 0.1) is 0 Å². The summed E-state index contributed by atoms with van der Waals surface area (Å²) >= 11 is 5.84. The molecule has 0 aliphatic heterocycles. The number of rotatable bonds is 9. The number of nitrogens with one attached hydrogen (secondary N) is 1. The van der Waals surface area contributed by atoms with Gasteiger partial charge in [-0.25, -0.2) is 0 Å². The molecule has 2 N–H and O–H groups in total. The summed E-state index contributed by atoms with van der Waals surface area (Å²) in [4.78, 5) is 23.2. The molecule has 2 rings (SSSR count). The maximum atomic E-state index is 12.5. The van der Waals surface area contributed by atoms with Gasteiger partial charge in [0.1, 0.15) is 12.4 Å². The Morgan fingerprint density at radius 3 is 2.50 bits per heavy atom. The number of halogens is 1. The van der Waals surface area contributed by atoms with Crippen molar-refractivity contribution in [1.82, 2.24) is 0 Å². The molecule has 7 heteroatoms. The van der Waals surface area contributed by atoms with Crippen LogP contribution in [0.2, 0.25) is 5.02 Å². The van der Waals surface area contributed by atoms with Crippen molar-refractivity contribution in [2.45, 2.75) is 12.8 Å². The van der Waals surface area contributed by atoms with Crippen LogP contribution in [0.4, 0.5) is 5.69 Å². The summed E-state index contributed by atoms with van der Waals surface area (Å²) in [6.45, 7) is 0.736. The van der Waals surface area contributed by atoms with Gasteiger partial charge in [-0.05, 0) is 48.4 Å². The van der Waals surface area contributed by atoms with E-state index in [9.17, 15) is 9.59 Å². The molecule has 0 spiro atoms. The van der Waals surface area contributed by atoms with E-state index in [1.54, 1.807) is 49.6 Å². The molecular weight excluding hydrogens is 358 g/mol. The summed E-state index contributed by atoms with van der Waals surface area (Å²) in [5.41, 5.74) is 1.72. The molecule has 0 aliphatic carbocycles. The molecule has 2 aromatic rings. The monoisotopic (exact) mass is 377 g/mol. The van der Waals surface area contributed by atoms with Gasteiger partial charge in [0.2, 0.25) is 0 Å². The van der Waals surface area contributed by atoms with E-state index in [0.717, 1.165) is 5.56 Å². The van der Waals surface area contributed by atoms with Gasteiger partial charge in [0.15, 0.2) is 0 Å². The minimum Gasteiger partial charge on any atom is -0.489 e. The standard InChI is InChI=1S/C19H20ClNO5/c1-25-10-11-26-17-8-2-13(3-9-18(22)23)12-16(17)21-19(24)14-4-6-15(20)7-5-14/h2,4-8,12H,3,9-11H2,1H3,(H,21,24)(H,22,23). The Kier molecular flexibility index (Phi) is 7.44. The van der Waals surface area contributed by atoms with Gasteiger partial charge in [-0.2, -0.15) is 0 Å². The number of carboxylic acid groups (broad SMARTS) is 1. The average molecular weight is 378 g/mol. The number of benzene rings is 2. The fraction of sp³-hybridized carbons (Fsp3) is 0.263. The lowest BCUT2D eigenvalue weighted by Gasteiger charge is -2.14. The Bertz CT molecular complexity index is 761. The zero-order valence-corrected chi connectivity index (χ0v) is 15.1. The van der Waals surface area contributed by atoms with Crippen LogP contribution >= 0.6 is 11.6 Å². The Morgan fingerprint density at radius 1 is 1.12 bits per heavy atom. The molecule has 1 amide bonds. The molecule has 2 aromatic carbocycles. The van der Waals surface area contributed by atoms with Crippen LogP contribution in [-0.4, -0.2) is 37.3 Å². The van der Waals surface area contributed by atoms with Gasteiger partial charge >= 0.3 is 5.97 Å². The number of carboxylic acids is 1. The summed E-state index contributed by atoms with van der Waals surface area (Å²) in [6, 6.07) is 11.7. The molecule has 0 heterocycles. The number of hydrogen-bond acceptors (Lipinski definition) is 4. The van der Waals surface area contributed by atoms with E-state index in [1.807, 2.05) is 0 Å². The molecule has 0 atom stereocenters. The van der Waals surface area contributed by atoms with E-state index >= 15 is 0 Å². The summed E-state index contributed by atoms with van der Waals surface area (Å²) in [7, 11) is 1.57. The maximum absolute atomic E-state index is 12.5. The van der Waals surface area contributed by atoms with Crippen LogP contribution in [0.1, 0.15) is 22.3 Å². The molecule has 0 saturated carbocycles. The van der Waals surface area contributed by atoms with Crippen LogP contribution in [0.25, 0.3) is 0 Å². The number of aliphatic carboxylic acids is 1. The van der Waals surface area contributed by atoms with E-state index in [4.69, 9.17) is 26.2 Å². The number of amides is 1. The second-order valence-corrected chi connectivity index (χ2v) is 5.96. The van der Waals surface area contributed by atoms with E-state index in [1.165, 1.54) is 0 Å². The summed E-state index contributed by atoms with van der Waals surface area (Å²) in [6.07, 6.45) is 0.367. The summed E-state index contributed by atoms with van der Waals surface area (Å²) < 4.78 is 10.6. The normalized spacial score (nSPS) is 10.4. The van der Waals surface area contributed by atoms with Crippen molar-refractivity contribution in [2.75, 3.05) is 25.6 Å². The number of hydrogen-bond donors (Lipinski definition) is 2. The van der Waals surface area contributed by atoms with Gasteiger partial charge in [-0.1, -0.05) is 17.7 Å². The number of methoxy groups -OCH3 is 1. The molecule has 0 aliphatic rings. The second-order valence-electron chi connectivity index (χ2n) is 5.53. The number of anilines is 1. The maximum Gasteiger partial charge on any atom is 0.303 e. The summed E-state index contributed by atoms with van der Waals surface area (Å²) in [5, 5.41) is 12.2. The highest BCUT2D eigenvalue weighted by Gasteiger charge is 2.12. The zero-order valence-electron chi connectivity index (χ0n) is 14.3. The first-order chi connectivity index (χ1) is 12.5. The van der Waals surface area contributed by atoms with Gasteiger partial charge < -0.3 is 19.9 Å². The zero-order chi connectivity index (χ0) is 18.9. The van der Waals surface area contributed by atoms with Gasteiger partial charge in [0, 0.05) is 24.1 Å². The highest BCUT2D eigenvalue weighted by molar-refractivity contribution is 6.30. The third-order valence-electron chi connectivity index (χ3n) is 3.57. The molecule has 26 heavy (non-hydrogen) atoms. The number of aryl methyl sites for hydroxylation is 1. The fourth-order valence-electron chi connectivity index (χ4n) is 2.24. The van der Waals surface area contributed by atoms with E-state index in [2.05, 4.69) is 5.32 Å². The molecule has 0 aromatic heterocycles. The van der Waals surface area contributed by atoms with Crippen molar-refractivity contribution in [2.24, 2.45) is 0 Å². The Morgan fingerprint density at radius 2 is 1.85 bits per heavy atom. The Balaban J connectivity index is 2.19. The number of carbonyl (C=O) groups is 2. The molecule has 6 nitrogen and oxygen atoms in total. The van der Waals surface area contributed by atoms with E-state index in [-0.39, 0.29) is 12.3 Å². The van der Waals surface area contributed by atoms with Crippen molar-refractivity contribution in [3.8, 4) is 5.75 Å². The highest BCUT2D eigenvalue weighted by Crippen LogP contribution is 2.27. The molecule has 0 radical (unpaired) electrons. The van der Waals surface area contributed by atoms with Crippen molar-refractivity contribution in [3.63, 3.8) is 0 Å². The van der Waals surface area contributed by atoms with E-state index < -0.39 is 5.97 Å². The van der Waals surface area contributed by atoms with Crippen LogP contribution in [0.15, 0.2) is 42.5 Å². The molecule has 0 fully saturated rings. The van der Waals surface area contributed by atoms with Crippen LogP contribution < -0.4 is 10.1 Å². The first-order valence-electron chi connectivity index (χ1n) is 8.03. The highest BCUT2D eigenvalue weighted by atomic mass is 35.5. The quantitative estimate of drug-likeness (QED) is 0.652. The van der Waals surface area contributed by atoms with Crippen LogP contribution in [0.3, 0.4) is 0 Å². The number of carbonyl (C=O) groups excluding carboxylic acids is 1. The fourth-order valence-corrected chi connectivity index (χ4v) is 2.36. The van der Waals surface area contributed by atoms with Crippen molar-refractivity contribution in [3.05, 3.63) is 58.6 Å². The topological polar surface area (TPSA) is 84.9 Å². The Hall–Kier alpha value is -2.57. The predicted octanol–water partition coefficient (Wildman–Crippen LogP) is 3.63. The lowest BCUT2D eigenvalue weighted by atomic mass is 10.1. The Labute approximate surface area is 156 Å². The first kappa shape index (κ1) is 19.8. The van der Waals surface area contributed by atoms with Crippen molar-refractivity contribution < 1.29 is 24.2 Å². The molecule has 0 bridgehead atoms. The van der Waals surface area contributed by atoms with Crippen molar-refractivity contribution in [1.29, 1.82) is 0 Å². The van der Waals surface area contributed by atoms with Gasteiger partial charge in [0.25, 0.3) is 5.91 Å². The van der Waals surface area contributed by atoms with Gasteiger partial charge in [0.05, 0.1) is 12.3 Å². The molecular formula is C19H20ClNO5. The SMILES string of the molecule is COCCOc1ccc(CCC(=O)O)cc1NC(=O)c1ccc(Cl)cc1. The minimum atomic E-state index is -0.878. The largest absolute Gasteiger partial charge is 0.489 e. The summed E-state index contributed by atoms with van der Waals surface area (Å²) in [5.74, 6) is -0.700. The van der Waals surface area contributed by atoms with Gasteiger partial charge in [-0.15, -0.1) is 0 Å². The molecule has 138 valence electrons. The minimum absolute atomic E-state index is 0.00838. The molecule has 0 saturated heterocycles. The molecule has 0 unspecified atom stereocenters. The lowest BCUT2D eigenvalue weighted by molar-refractivity contribution is -0.136. The van der Waals surface area contributed by atoms with Crippen molar-refractivity contribution >= 4 is 29.2 Å². The third-order valence-corrected chi connectivity index (χ3v) is 3.82. The predicted molar refractivity (Wildman–Crippen MR) is 99.2 cm³/mol. The third kappa shape index (κ3) is 6.06. The van der Waals surface area contributed by atoms with Gasteiger partial charge in [-0.3, -0.25) is 9.59 Å². The van der Waals surface area contributed by atoms with E-state index in [0.29, 0.717) is 41.7 Å². The smallest absolute Gasteiger partial charge is 0.303 e. The van der Waals surface area contributed by atoms with Crippen LogP contribution in [-0.2, 0) is 16.0 Å². The van der Waals surface area contributed by atoms with Crippen LogP contribution in [0.5, 0.6) is 5.75 Å². The first-order valence-corrected chi connectivity index (χ1v) is 8.41. The second kappa shape index (κ2) is 9.79. The average Bonchev–Trinajstić information content (AvgIpc) is 2.62. The number of ether oxygens (including phenoxy) is 2.